The molecule has 0 atom stereocenters. The molecule has 0 aliphatic heterocycles. The number of ether oxygens (including phenoxy) is 1. The topological polar surface area (TPSA) is 212 Å². The fourth-order valence-electron chi connectivity index (χ4n) is 2.35. The van der Waals surface area contributed by atoms with Gasteiger partial charge in [0.15, 0.2) is 0 Å². The van der Waals surface area contributed by atoms with E-state index >= 15 is 0 Å². The van der Waals surface area contributed by atoms with E-state index in [2.05, 4.69) is 0 Å². The summed E-state index contributed by atoms with van der Waals surface area (Å²) in [5, 5.41) is 21.8. The molecule has 0 saturated carbocycles. The highest BCUT2D eigenvalue weighted by Gasteiger charge is 2.20. The molecule has 0 heterocycles. The van der Waals surface area contributed by atoms with E-state index in [1.165, 1.54) is 36.4 Å². The van der Waals surface area contributed by atoms with Crippen molar-refractivity contribution in [2.45, 2.75) is 0 Å². The second-order valence-electron chi connectivity index (χ2n) is 6.05. The fraction of sp³-hybridized carbons (Fsp3) is 0.111. The molecule has 2 aromatic rings. The third-order valence-corrected chi connectivity index (χ3v) is 3.79. The summed E-state index contributed by atoms with van der Waals surface area (Å²) >= 11 is 0. The van der Waals surface area contributed by atoms with Gasteiger partial charge in [-0.1, -0.05) is 24.3 Å². The number of hydrogen-bond donors (Lipinski definition) is 4. The van der Waals surface area contributed by atoms with Crippen molar-refractivity contribution in [1.29, 1.82) is 0 Å². The van der Waals surface area contributed by atoms with Crippen LogP contribution in [0.1, 0.15) is 20.7 Å². The molecule has 0 spiro atoms. The first-order valence-electron chi connectivity index (χ1n) is 8.93. The number of benzene rings is 2. The molecule has 2 rings (SSSR count). The van der Waals surface area contributed by atoms with E-state index in [-0.39, 0.29) is 11.1 Å². The van der Waals surface area contributed by atoms with Crippen LogP contribution in [0.3, 0.4) is 0 Å². The SMILES string of the molecule is O=C(COCC(=O)NNC(=O)c1ccccc1[N+](=O)[O-])NNC(=O)c1ccccc1[N+](=O)[O-]. The fourth-order valence-corrected chi connectivity index (χ4v) is 2.35. The molecule has 0 unspecified atom stereocenters. The second-order valence-corrected chi connectivity index (χ2v) is 6.05. The molecular formula is C18H16N6O9. The average molecular weight is 460 g/mol. The second kappa shape index (κ2) is 11.5. The number of nitrogens with one attached hydrogen (secondary N) is 4. The van der Waals surface area contributed by atoms with Gasteiger partial charge in [0.25, 0.3) is 35.0 Å². The maximum absolute atomic E-state index is 12.0. The van der Waals surface area contributed by atoms with Crippen molar-refractivity contribution in [2.75, 3.05) is 13.2 Å². The number of nitro groups is 2. The van der Waals surface area contributed by atoms with Crippen LogP contribution in [0, 0.1) is 20.2 Å². The van der Waals surface area contributed by atoms with E-state index in [4.69, 9.17) is 4.74 Å². The van der Waals surface area contributed by atoms with Gasteiger partial charge >= 0.3 is 0 Å². The van der Waals surface area contributed by atoms with Crippen molar-refractivity contribution < 1.29 is 33.8 Å². The molecule has 0 bridgehead atoms. The third-order valence-electron chi connectivity index (χ3n) is 3.79. The van der Waals surface area contributed by atoms with E-state index in [9.17, 15) is 39.4 Å². The van der Waals surface area contributed by atoms with Crippen molar-refractivity contribution >= 4 is 35.0 Å². The van der Waals surface area contributed by atoms with Gasteiger partial charge in [-0.3, -0.25) is 61.1 Å². The Morgan fingerprint density at radius 3 is 1.39 bits per heavy atom. The highest BCUT2D eigenvalue weighted by atomic mass is 16.6. The molecule has 2 aromatic carbocycles. The number of hydrazine groups is 2. The molecule has 0 aliphatic rings. The number of nitro benzene ring substituents is 2. The van der Waals surface area contributed by atoms with Crippen LogP contribution in [0.4, 0.5) is 11.4 Å². The lowest BCUT2D eigenvalue weighted by Crippen LogP contribution is -2.45. The van der Waals surface area contributed by atoms with Gasteiger partial charge in [-0.15, -0.1) is 0 Å². The molecule has 4 amide bonds. The molecule has 172 valence electrons. The smallest absolute Gasteiger partial charge is 0.282 e. The maximum Gasteiger partial charge on any atom is 0.282 e. The molecule has 33 heavy (non-hydrogen) atoms. The standard InChI is InChI=1S/C18H16N6O9/c25-15(19-21-17(27)11-5-1-3-7-13(11)23(29)30)9-33-10-16(26)20-22-18(28)12-6-2-4-8-14(12)24(31)32/h1-8H,9-10H2,(H,19,25)(H,20,26)(H,21,27)(H,22,28). The first-order valence-corrected chi connectivity index (χ1v) is 8.93. The quantitative estimate of drug-likeness (QED) is 0.301. The van der Waals surface area contributed by atoms with Gasteiger partial charge in [-0.25, -0.2) is 0 Å². The molecule has 0 aliphatic carbocycles. The van der Waals surface area contributed by atoms with Gasteiger partial charge in [-0.05, 0) is 12.1 Å². The minimum absolute atomic E-state index is 0.280. The lowest BCUT2D eigenvalue weighted by atomic mass is 10.2. The van der Waals surface area contributed by atoms with Gasteiger partial charge in [0.05, 0.1) is 9.85 Å². The minimum Gasteiger partial charge on any atom is -0.362 e. The summed E-state index contributed by atoms with van der Waals surface area (Å²) in [5.41, 5.74) is 6.38. The summed E-state index contributed by atoms with van der Waals surface area (Å²) in [7, 11) is 0. The summed E-state index contributed by atoms with van der Waals surface area (Å²) in [4.78, 5) is 67.6. The third kappa shape index (κ3) is 7.07. The van der Waals surface area contributed by atoms with Crippen LogP contribution in [0.15, 0.2) is 48.5 Å². The Morgan fingerprint density at radius 2 is 1.03 bits per heavy atom. The molecule has 0 aromatic heterocycles. The number of para-hydroxylation sites is 2. The Balaban J connectivity index is 1.73. The zero-order chi connectivity index (χ0) is 24.4. The molecule has 4 N–H and O–H groups in total. The zero-order valence-electron chi connectivity index (χ0n) is 16.6. The highest BCUT2D eigenvalue weighted by molar-refractivity contribution is 5.99. The predicted molar refractivity (Wildman–Crippen MR) is 108 cm³/mol. The Morgan fingerprint density at radius 1 is 0.667 bits per heavy atom. The Hall–Kier alpha value is -4.92. The number of rotatable bonds is 8. The van der Waals surface area contributed by atoms with Gasteiger partial charge in [0.1, 0.15) is 24.3 Å². The van der Waals surface area contributed by atoms with Crippen LogP contribution in [0.25, 0.3) is 0 Å². The summed E-state index contributed by atoms with van der Waals surface area (Å²) < 4.78 is 4.81. The number of hydrogen-bond acceptors (Lipinski definition) is 9. The van der Waals surface area contributed by atoms with Crippen LogP contribution >= 0.6 is 0 Å². The first-order chi connectivity index (χ1) is 15.7. The van der Waals surface area contributed by atoms with Gasteiger partial charge in [0.2, 0.25) is 0 Å². The molecular weight excluding hydrogens is 444 g/mol. The van der Waals surface area contributed by atoms with Crippen LogP contribution in [-0.2, 0) is 14.3 Å². The Kier molecular flexibility index (Phi) is 8.46. The number of carbonyl (C=O) groups excluding carboxylic acids is 4. The summed E-state index contributed by atoms with van der Waals surface area (Å²) in [6.45, 7) is -1.36. The largest absolute Gasteiger partial charge is 0.362 e. The monoisotopic (exact) mass is 460 g/mol. The number of nitrogens with zero attached hydrogens (tertiary/aromatic N) is 2. The van der Waals surface area contributed by atoms with Crippen molar-refractivity contribution in [3.8, 4) is 0 Å². The normalized spacial score (nSPS) is 9.94. The zero-order valence-corrected chi connectivity index (χ0v) is 16.6. The van der Waals surface area contributed by atoms with Crippen molar-refractivity contribution in [2.24, 2.45) is 0 Å². The van der Waals surface area contributed by atoms with E-state index < -0.39 is 58.1 Å². The van der Waals surface area contributed by atoms with Crippen molar-refractivity contribution in [3.63, 3.8) is 0 Å². The lowest BCUT2D eigenvalue weighted by Gasteiger charge is -2.09. The summed E-state index contributed by atoms with van der Waals surface area (Å²) in [6, 6.07) is 10.2. The van der Waals surface area contributed by atoms with Gasteiger partial charge in [-0.2, -0.15) is 0 Å². The van der Waals surface area contributed by atoms with Crippen LogP contribution in [-0.4, -0.2) is 46.7 Å². The van der Waals surface area contributed by atoms with Crippen molar-refractivity contribution in [1.82, 2.24) is 21.7 Å². The molecule has 15 nitrogen and oxygen atoms in total. The van der Waals surface area contributed by atoms with Gasteiger partial charge in [0, 0.05) is 12.1 Å². The number of carbonyl (C=O) groups is 4. The molecule has 0 fully saturated rings. The van der Waals surface area contributed by atoms with E-state index in [1.54, 1.807) is 0 Å². The van der Waals surface area contributed by atoms with Crippen LogP contribution in [0.5, 0.6) is 0 Å². The summed E-state index contributed by atoms with van der Waals surface area (Å²) in [5.74, 6) is -3.63. The van der Waals surface area contributed by atoms with E-state index in [1.807, 2.05) is 21.7 Å². The van der Waals surface area contributed by atoms with E-state index in [0.717, 1.165) is 12.1 Å². The Labute approximate surface area is 184 Å². The minimum atomic E-state index is -0.939. The average Bonchev–Trinajstić information content (AvgIpc) is 2.80. The van der Waals surface area contributed by atoms with E-state index in [0.29, 0.717) is 0 Å². The molecule has 0 saturated heterocycles. The first kappa shape index (κ1) is 24.4. The highest BCUT2D eigenvalue weighted by Crippen LogP contribution is 2.17. The van der Waals surface area contributed by atoms with Crippen molar-refractivity contribution in [3.05, 3.63) is 79.9 Å². The predicted octanol–water partition coefficient (Wildman–Crippen LogP) is -0.258. The van der Waals surface area contributed by atoms with Gasteiger partial charge < -0.3 is 4.74 Å². The maximum atomic E-state index is 12.0. The molecule has 15 heteroatoms. The molecule has 0 radical (unpaired) electrons. The number of amides is 4. The van der Waals surface area contributed by atoms with Crippen LogP contribution in [0.2, 0.25) is 0 Å². The summed E-state index contributed by atoms with van der Waals surface area (Å²) in [6.07, 6.45) is 0. The van der Waals surface area contributed by atoms with Crippen LogP contribution < -0.4 is 21.7 Å². The lowest BCUT2D eigenvalue weighted by molar-refractivity contribution is -0.385. The Bertz CT molecular complexity index is 1020.